The summed E-state index contributed by atoms with van der Waals surface area (Å²) >= 11 is 0. The molecule has 0 amide bonds. The highest BCUT2D eigenvalue weighted by molar-refractivity contribution is 5.38. The van der Waals surface area contributed by atoms with Gasteiger partial charge in [0.2, 0.25) is 0 Å². The first-order chi connectivity index (χ1) is 9.69. The molecule has 0 spiro atoms. The highest BCUT2D eigenvalue weighted by Crippen LogP contribution is 2.30. The molecule has 116 valence electrons. The van der Waals surface area contributed by atoms with Gasteiger partial charge in [-0.15, -0.1) is 0 Å². The Balaban J connectivity index is 0.00000172. The molecule has 1 aromatic rings. The third-order valence-electron chi connectivity index (χ3n) is 3.97. The van der Waals surface area contributed by atoms with Gasteiger partial charge in [-0.05, 0) is 55.2 Å². The summed E-state index contributed by atoms with van der Waals surface area (Å²) < 4.78 is 0. The molecule has 1 aromatic heterocycles. The van der Waals surface area contributed by atoms with E-state index in [9.17, 15) is 0 Å². The fourth-order valence-electron chi connectivity index (χ4n) is 2.92. The Labute approximate surface area is 127 Å². The molecular formula is C19H35N. The van der Waals surface area contributed by atoms with Gasteiger partial charge < -0.3 is 0 Å². The summed E-state index contributed by atoms with van der Waals surface area (Å²) in [6, 6.07) is 0. The minimum atomic E-state index is 0.690. The lowest BCUT2D eigenvalue weighted by atomic mass is 9.86. The lowest BCUT2D eigenvalue weighted by molar-refractivity contribution is 0.626. The number of rotatable bonds is 7. The molecule has 0 fully saturated rings. The summed E-state index contributed by atoms with van der Waals surface area (Å²) in [5.41, 5.74) is 5.91. The second-order valence-corrected chi connectivity index (χ2v) is 5.27. The molecule has 1 heterocycles. The van der Waals surface area contributed by atoms with Crippen molar-refractivity contribution in [2.45, 2.75) is 92.9 Å². The zero-order chi connectivity index (χ0) is 15.5. The van der Waals surface area contributed by atoms with E-state index >= 15 is 0 Å². The Morgan fingerprint density at radius 3 is 1.85 bits per heavy atom. The second-order valence-electron chi connectivity index (χ2n) is 5.27. The molecule has 0 aromatic carbocycles. The van der Waals surface area contributed by atoms with Gasteiger partial charge in [-0.3, -0.25) is 4.98 Å². The quantitative estimate of drug-likeness (QED) is 0.576. The maximum absolute atomic E-state index is 4.66. The van der Waals surface area contributed by atoms with Crippen LogP contribution < -0.4 is 0 Å². The van der Waals surface area contributed by atoms with E-state index in [1.807, 2.05) is 13.8 Å². The van der Waals surface area contributed by atoms with Crippen LogP contribution >= 0.6 is 0 Å². The summed E-state index contributed by atoms with van der Waals surface area (Å²) in [6.45, 7) is 15.3. The molecule has 0 aliphatic rings. The second kappa shape index (κ2) is 10.9. The first-order valence-electron chi connectivity index (χ1n) is 8.66. The standard InChI is InChI=1S/C17H29N.C2H6/c1-6-10-15-13(5)18-12-17(14(8-3)9-4)16(15)11-7-2;1-2/h12,14H,6-11H2,1-5H3;1-2H3. The average molecular weight is 277 g/mol. The monoisotopic (exact) mass is 277 g/mol. The van der Waals surface area contributed by atoms with Crippen LogP contribution in [0.3, 0.4) is 0 Å². The molecule has 0 saturated carbocycles. The number of nitrogens with zero attached hydrogens (tertiary/aromatic N) is 1. The number of hydrogen-bond donors (Lipinski definition) is 0. The predicted octanol–water partition coefficient (Wildman–Crippen LogP) is 6.22. The summed E-state index contributed by atoms with van der Waals surface area (Å²) in [6.07, 6.45) is 9.44. The topological polar surface area (TPSA) is 12.9 Å². The summed E-state index contributed by atoms with van der Waals surface area (Å²) in [4.78, 5) is 4.66. The molecule has 0 saturated heterocycles. The van der Waals surface area contributed by atoms with E-state index in [1.54, 1.807) is 5.56 Å². The Bertz CT molecular complexity index is 364. The Morgan fingerprint density at radius 1 is 0.900 bits per heavy atom. The molecule has 0 atom stereocenters. The van der Waals surface area contributed by atoms with Crippen molar-refractivity contribution < 1.29 is 0 Å². The van der Waals surface area contributed by atoms with Crippen LogP contribution in [0, 0.1) is 6.92 Å². The van der Waals surface area contributed by atoms with E-state index in [1.165, 1.54) is 55.3 Å². The Kier molecular flexibility index (Phi) is 10.4. The molecule has 0 N–H and O–H groups in total. The molecule has 0 bridgehead atoms. The van der Waals surface area contributed by atoms with Crippen LogP contribution in [-0.2, 0) is 12.8 Å². The van der Waals surface area contributed by atoms with E-state index in [0.717, 1.165) is 0 Å². The van der Waals surface area contributed by atoms with Gasteiger partial charge in [0.05, 0.1) is 0 Å². The summed E-state index contributed by atoms with van der Waals surface area (Å²) in [5, 5.41) is 0. The van der Waals surface area contributed by atoms with Gasteiger partial charge >= 0.3 is 0 Å². The van der Waals surface area contributed by atoms with Crippen molar-refractivity contribution in [1.29, 1.82) is 0 Å². The van der Waals surface area contributed by atoms with Crippen molar-refractivity contribution in [3.05, 3.63) is 28.6 Å². The smallest absolute Gasteiger partial charge is 0.0407 e. The third kappa shape index (κ3) is 4.92. The first kappa shape index (κ1) is 19.1. The average Bonchev–Trinajstić information content (AvgIpc) is 2.48. The van der Waals surface area contributed by atoms with E-state index < -0.39 is 0 Å². The zero-order valence-corrected chi connectivity index (χ0v) is 14.8. The lowest BCUT2D eigenvalue weighted by Crippen LogP contribution is -2.08. The van der Waals surface area contributed by atoms with Crippen LogP contribution in [-0.4, -0.2) is 4.98 Å². The molecule has 0 radical (unpaired) electrons. The largest absolute Gasteiger partial charge is 0.261 e. The Hall–Kier alpha value is -0.850. The third-order valence-corrected chi connectivity index (χ3v) is 3.97. The normalized spacial score (nSPS) is 10.4. The number of hydrogen-bond acceptors (Lipinski definition) is 1. The molecule has 0 aliphatic carbocycles. The predicted molar refractivity (Wildman–Crippen MR) is 91.6 cm³/mol. The maximum atomic E-state index is 4.66. The number of pyridine rings is 1. The van der Waals surface area contributed by atoms with Crippen molar-refractivity contribution in [3.63, 3.8) is 0 Å². The number of aromatic nitrogens is 1. The fourth-order valence-corrected chi connectivity index (χ4v) is 2.92. The van der Waals surface area contributed by atoms with Gasteiger partial charge in [0.25, 0.3) is 0 Å². The van der Waals surface area contributed by atoms with Crippen LogP contribution in [0.1, 0.15) is 95.5 Å². The molecule has 0 unspecified atom stereocenters. The van der Waals surface area contributed by atoms with Gasteiger partial charge in [0.1, 0.15) is 0 Å². The zero-order valence-electron chi connectivity index (χ0n) is 14.8. The lowest BCUT2D eigenvalue weighted by Gasteiger charge is -2.21. The Morgan fingerprint density at radius 2 is 1.40 bits per heavy atom. The molecule has 1 nitrogen and oxygen atoms in total. The fraction of sp³-hybridized carbons (Fsp3) is 0.737. The van der Waals surface area contributed by atoms with Crippen LogP contribution in [0.15, 0.2) is 6.20 Å². The van der Waals surface area contributed by atoms with E-state index in [0.29, 0.717) is 5.92 Å². The van der Waals surface area contributed by atoms with Gasteiger partial charge in [-0.25, -0.2) is 0 Å². The molecule has 1 heteroatoms. The highest BCUT2D eigenvalue weighted by Gasteiger charge is 2.16. The van der Waals surface area contributed by atoms with E-state index in [-0.39, 0.29) is 0 Å². The van der Waals surface area contributed by atoms with Gasteiger partial charge in [-0.1, -0.05) is 54.4 Å². The minimum absolute atomic E-state index is 0.690. The van der Waals surface area contributed by atoms with Crippen LogP contribution in [0.25, 0.3) is 0 Å². The van der Waals surface area contributed by atoms with E-state index in [4.69, 9.17) is 0 Å². The minimum Gasteiger partial charge on any atom is -0.261 e. The molecule has 1 rings (SSSR count). The molecular weight excluding hydrogens is 242 g/mol. The summed E-state index contributed by atoms with van der Waals surface area (Å²) in [5.74, 6) is 0.690. The highest BCUT2D eigenvalue weighted by atomic mass is 14.7. The molecule has 0 aliphatic heterocycles. The van der Waals surface area contributed by atoms with Crippen molar-refractivity contribution in [2.24, 2.45) is 0 Å². The van der Waals surface area contributed by atoms with Crippen molar-refractivity contribution >= 4 is 0 Å². The van der Waals surface area contributed by atoms with Crippen molar-refractivity contribution in [1.82, 2.24) is 4.98 Å². The van der Waals surface area contributed by atoms with Crippen LogP contribution in [0.5, 0.6) is 0 Å². The molecule has 20 heavy (non-hydrogen) atoms. The van der Waals surface area contributed by atoms with Gasteiger partial charge in [0.15, 0.2) is 0 Å². The van der Waals surface area contributed by atoms with Gasteiger partial charge in [-0.2, -0.15) is 0 Å². The van der Waals surface area contributed by atoms with E-state index in [2.05, 4.69) is 45.8 Å². The van der Waals surface area contributed by atoms with Crippen LogP contribution in [0.2, 0.25) is 0 Å². The van der Waals surface area contributed by atoms with Crippen molar-refractivity contribution in [3.8, 4) is 0 Å². The van der Waals surface area contributed by atoms with Crippen LogP contribution in [0.4, 0.5) is 0 Å². The summed E-state index contributed by atoms with van der Waals surface area (Å²) in [7, 11) is 0. The first-order valence-corrected chi connectivity index (χ1v) is 8.66. The SMILES string of the molecule is CC.CCCc1c(C(CC)CC)cnc(C)c1CCC. The van der Waals surface area contributed by atoms with Crippen molar-refractivity contribution in [2.75, 3.05) is 0 Å². The number of aryl methyl sites for hydroxylation is 1. The maximum Gasteiger partial charge on any atom is 0.0407 e. The van der Waals surface area contributed by atoms with Gasteiger partial charge in [0, 0.05) is 11.9 Å².